The molecule has 0 radical (unpaired) electrons. The second-order valence-corrected chi connectivity index (χ2v) is 5.96. The molecule has 2 aromatic rings. The van der Waals surface area contributed by atoms with Gasteiger partial charge in [0, 0.05) is 10.0 Å². The van der Waals surface area contributed by atoms with Gasteiger partial charge in [-0.1, -0.05) is 22.0 Å². The van der Waals surface area contributed by atoms with Crippen LogP contribution in [0.2, 0.25) is 0 Å². The first-order valence-electron chi connectivity index (χ1n) is 6.74. The molecule has 1 nitrogen and oxygen atoms in total. The minimum Gasteiger partial charge on any atom is -0.289 e. The van der Waals surface area contributed by atoms with Gasteiger partial charge in [-0.25, -0.2) is 0 Å². The van der Waals surface area contributed by atoms with Crippen molar-refractivity contribution in [1.29, 1.82) is 0 Å². The number of rotatable bonds is 3. The fourth-order valence-corrected chi connectivity index (χ4v) is 2.22. The van der Waals surface area contributed by atoms with Crippen molar-refractivity contribution in [2.75, 3.05) is 0 Å². The molecule has 0 aliphatic rings. The third-order valence-electron chi connectivity index (χ3n) is 3.17. The van der Waals surface area contributed by atoms with Crippen molar-refractivity contribution < 1.29 is 31.1 Å². The van der Waals surface area contributed by atoms with E-state index in [1.807, 2.05) is 0 Å². The average molecular weight is 423 g/mol. The third-order valence-corrected chi connectivity index (χ3v) is 3.69. The Morgan fingerprint density at radius 3 is 1.76 bits per heavy atom. The lowest BCUT2D eigenvalue weighted by Crippen LogP contribution is -2.11. The topological polar surface area (TPSA) is 17.1 Å². The Bertz CT molecular complexity index is 771. The summed E-state index contributed by atoms with van der Waals surface area (Å²) < 4.78 is 77.4. The lowest BCUT2D eigenvalue weighted by atomic mass is 10.0. The number of ketones is 1. The van der Waals surface area contributed by atoms with Crippen molar-refractivity contribution in [1.82, 2.24) is 0 Å². The number of carbonyl (C=O) groups is 1. The van der Waals surface area contributed by atoms with Crippen molar-refractivity contribution in [3.8, 4) is 0 Å². The summed E-state index contributed by atoms with van der Waals surface area (Å²) in [5.41, 5.74) is -2.98. The molecule has 0 spiro atoms. The molecule has 0 aromatic heterocycles. The van der Waals surface area contributed by atoms with Crippen LogP contribution in [0, 0.1) is 0 Å². The van der Waals surface area contributed by atoms with E-state index in [1.165, 1.54) is 12.1 Å². The van der Waals surface area contributed by atoms with E-state index in [1.54, 1.807) is 12.1 Å². The first-order valence-corrected chi connectivity index (χ1v) is 7.53. The molecule has 0 saturated carbocycles. The molecular weight excluding hydrogens is 414 g/mol. The highest BCUT2D eigenvalue weighted by Gasteiger charge is 2.36. The van der Waals surface area contributed by atoms with Gasteiger partial charge in [-0.2, -0.15) is 26.3 Å². The minimum absolute atomic E-state index is 0.0356. The quantitative estimate of drug-likeness (QED) is 0.318. The molecule has 2 aromatic carbocycles. The number of carbonyl (C=O) groups excluding carboxylic acids is 1. The van der Waals surface area contributed by atoms with Gasteiger partial charge in [0.2, 0.25) is 0 Å². The fourth-order valence-electron chi connectivity index (χ4n) is 1.96. The van der Waals surface area contributed by atoms with Crippen molar-refractivity contribution in [3.05, 3.63) is 75.3 Å². The zero-order valence-corrected chi connectivity index (χ0v) is 13.8. The van der Waals surface area contributed by atoms with Crippen molar-refractivity contribution >= 4 is 27.8 Å². The highest BCUT2D eigenvalue weighted by atomic mass is 79.9. The molecule has 25 heavy (non-hydrogen) atoms. The van der Waals surface area contributed by atoms with Crippen LogP contribution in [-0.2, 0) is 12.4 Å². The highest BCUT2D eigenvalue weighted by molar-refractivity contribution is 9.10. The zero-order chi connectivity index (χ0) is 18.8. The van der Waals surface area contributed by atoms with E-state index in [0.29, 0.717) is 12.1 Å². The van der Waals surface area contributed by atoms with Crippen molar-refractivity contribution in [3.63, 3.8) is 0 Å². The van der Waals surface area contributed by atoms with E-state index in [2.05, 4.69) is 15.9 Å². The summed E-state index contributed by atoms with van der Waals surface area (Å²) in [5, 5.41) is 0. The number of allylic oxidation sites excluding steroid dienone is 1. The van der Waals surface area contributed by atoms with E-state index in [4.69, 9.17) is 0 Å². The average Bonchev–Trinajstić information content (AvgIpc) is 2.51. The molecule has 0 aliphatic carbocycles. The Balaban J connectivity index is 2.37. The van der Waals surface area contributed by atoms with Gasteiger partial charge in [0.25, 0.3) is 0 Å². The molecule has 0 N–H and O–H groups in total. The summed E-state index contributed by atoms with van der Waals surface area (Å²) in [6, 6.07) is 7.28. The maximum atomic E-state index is 12.8. The molecular formula is C17H9BrF6O. The van der Waals surface area contributed by atoms with Crippen LogP contribution in [0.25, 0.3) is 6.08 Å². The molecule has 0 atom stereocenters. The molecule has 0 unspecified atom stereocenters. The third kappa shape index (κ3) is 5.19. The Hall–Kier alpha value is -2.09. The van der Waals surface area contributed by atoms with Crippen LogP contribution in [0.15, 0.2) is 53.0 Å². The molecule has 0 amide bonds. The van der Waals surface area contributed by atoms with Gasteiger partial charge < -0.3 is 0 Å². The van der Waals surface area contributed by atoms with Gasteiger partial charge in [0.05, 0.1) is 11.1 Å². The first kappa shape index (κ1) is 19.2. The largest absolute Gasteiger partial charge is 0.416 e. The van der Waals surface area contributed by atoms with Gasteiger partial charge in [-0.3, -0.25) is 4.79 Å². The summed E-state index contributed by atoms with van der Waals surface area (Å²) in [6.07, 6.45) is -8.01. The first-order chi connectivity index (χ1) is 11.5. The van der Waals surface area contributed by atoms with Crippen LogP contribution in [0.4, 0.5) is 26.3 Å². The van der Waals surface area contributed by atoms with Crippen LogP contribution in [0.5, 0.6) is 0 Å². The number of hydrogen-bond donors (Lipinski definition) is 0. The van der Waals surface area contributed by atoms with Gasteiger partial charge in [-0.05, 0) is 54.1 Å². The zero-order valence-electron chi connectivity index (χ0n) is 12.3. The molecule has 0 bridgehead atoms. The molecule has 0 heterocycles. The van der Waals surface area contributed by atoms with Crippen molar-refractivity contribution in [2.45, 2.75) is 12.4 Å². The summed E-state index contributed by atoms with van der Waals surface area (Å²) in [5.74, 6) is -0.543. The number of halogens is 7. The monoisotopic (exact) mass is 422 g/mol. The van der Waals surface area contributed by atoms with Crippen LogP contribution >= 0.6 is 15.9 Å². The predicted octanol–water partition coefficient (Wildman–Crippen LogP) is 6.38. The Labute approximate surface area is 147 Å². The second kappa shape index (κ2) is 7.03. The van der Waals surface area contributed by atoms with Crippen LogP contribution < -0.4 is 0 Å². The molecule has 2 rings (SSSR count). The van der Waals surface area contributed by atoms with E-state index < -0.39 is 29.3 Å². The summed E-state index contributed by atoms with van der Waals surface area (Å²) in [6.45, 7) is 0. The van der Waals surface area contributed by atoms with Crippen LogP contribution in [0.1, 0.15) is 27.0 Å². The van der Waals surface area contributed by atoms with Crippen molar-refractivity contribution in [2.24, 2.45) is 0 Å². The minimum atomic E-state index is -4.93. The molecule has 132 valence electrons. The molecule has 0 saturated heterocycles. The molecule has 0 aliphatic heterocycles. The highest BCUT2D eigenvalue weighted by Crippen LogP contribution is 2.36. The lowest BCUT2D eigenvalue weighted by molar-refractivity contribution is -0.143. The van der Waals surface area contributed by atoms with Crippen LogP contribution in [0.3, 0.4) is 0 Å². The van der Waals surface area contributed by atoms with E-state index >= 15 is 0 Å². The van der Waals surface area contributed by atoms with Gasteiger partial charge >= 0.3 is 12.4 Å². The Kier molecular flexibility index (Phi) is 5.41. The normalized spacial score (nSPS) is 12.6. The standard InChI is InChI=1S/C17H9BrF6O/c18-14-4-2-11(3-5-14)15(25)6-1-10-7-12(16(19,20)21)9-13(8-10)17(22,23)24/h1-9H/b6-1+. The Morgan fingerprint density at radius 2 is 1.32 bits per heavy atom. The van der Waals surface area contributed by atoms with Gasteiger partial charge in [0.15, 0.2) is 5.78 Å². The number of hydrogen-bond acceptors (Lipinski definition) is 1. The Morgan fingerprint density at radius 1 is 0.840 bits per heavy atom. The van der Waals surface area contributed by atoms with E-state index in [0.717, 1.165) is 16.6 Å². The van der Waals surface area contributed by atoms with Gasteiger partial charge in [-0.15, -0.1) is 0 Å². The summed E-state index contributed by atoms with van der Waals surface area (Å²) in [4.78, 5) is 11.9. The predicted molar refractivity (Wildman–Crippen MR) is 84.0 cm³/mol. The van der Waals surface area contributed by atoms with E-state index in [9.17, 15) is 31.1 Å². The smallest absolute Gasteiger partial charge is 0.289 e. The maximum Gasteiger partial charge on any atom is 0.416 e. The lowest BCUT2D eigenvalue weighted by Gasteiger charge is -2.12. The summed E-state index contributed by atoms with van der Waals surface area (Å²) in [7, 11) is 0. The SMILES string of the molecule is O=C(/C=C/c1cc(C(F)(F)F)cc(C(F)(F)F)c1)c1ccc(Br)cc1. The maximum absolute atomic E-state index is 12.8. The number of benzene rings is 2. The molecule has 0 fully saturated rings. The number of alkyl halides is 6. The molecule has 8 heteroatoms. The van der Waals surface area contributed by atoms with Crippen LogP contribution in [-0.4, -0.2) is 5.78 Å². The van der Waals surface area contributed by atoms with E-state index in [-0.39, 0.29) is 17.2 Å². The fraction of sp³-hybridized carbons (Fsp3) is 0.118. The van der Waals surface area contributed by atoms with Gasteiger partial charge in [0.1, 0.15) is 0 Å². The second-order valence-electron chi connectivity index (χ2n) is 5.04. The summed E-state index contributed by atoms with van der Waals surface area (Å²) >= 11 is 3.18.